The first-order valence-electron chi connectivity index (χ1n) is 6.49. The Morgan fingerprint density at radius 3 is 2.19 bits per heavy atom. The summed E-state index contributed by atoms with van der Waals surface area (Å²) in [7, 11) is 0. The molecular formula is C13H25NO2. The van der Waals surface area contributed by atoms with Crippen LogP contribution >= 0.6 is 0 Å². The van der Waals surface area contributed by atoms with Gasteiger partial charge in [0.2, 0.25) is 5.91 Å². The van der Waals surface area contributed by atoms with E-state index in [0.29, 0.717) is 6.54 Å². The lowest BCUT2D eigenvalue weighted by molar-refractivity contribution is -0.126. The van der Waals surface area contributed by atoms with E-state index in [-0.39, 0.29) is 11.8 Å². The number of nitrogens with one attached hydrogen (secondary N) is 1. The standard InChI is InChI=1S/C13H25NO2/c1-13(2,16)10-14-12(15)11-8-6-4-3-5-7-9-11/h11,16H,3-10H2,1-2H3,(H,14,15). The maximum Gasteiger partial charge on any atom is 0.223 e. The van der Waals surface area contributed by atoms with Gasteiger partial charge in [0.25, 0.3) is 0 Å². The first-order chi connectivity index (χ1) is 7.49. The highest BCUT2D eigenvalue weighted by molar-refractivity contribution is 5.78. The van der Waals surface area contributed by atoms with Gasteiger partial charge in [0.05, 0.1) is 5.60 Å². The molecule has 0 aromatic carbocycles. The van der Waals surface area contributed by atoms with Gasteiger partial charge >= 0.3 is 0 Å². The zero-order valence-corrected chi connectivity index (χ0v) is 10.6. The van der Waals surface area contributed by atoms with E-state index in [1.54, 1.807) is 13.8 Å². The Balaban J connectivity index is 2.33. The average Bonchev–Trinajstić information content (AvgIpc) is 2.12. The third kappa shape index (κ3) is 5.50. The second kappa shape index (κ2) is 6.24. The van der Waals surface area contributed by atoms with E-state index in [4.69, 9.17) is 0 Å². The van der Waals surface area contributed by atoms with Crippen molar-refractivity contribution in [3.63, 3.8) is 0 Å². The fourth-order valence-electron chi connectivity index (χ4n) is 2.17. The Labute approximate surface area is 98.6 Å². The molecule has 94 valence electrons. The van der Waals surface area contributed by atoms with Crippen LogP contribution in [0.25, 0.3) is 0 Å². The van der Waals surface area contributed by atoms with Gasteiger partial charge in [0.1, 0.15) is 0 Å². The Hall–Kier alpha value is -0.570. The minimum absolute atomic E-state index is 0.129. The lowest BCUT2D eigenvalue weighted by Gasteiger charge is -2.22. The number of carbonyl (C=O) groups is 1. The molecule has 1 aliphatic carbocycles. The van der Waals surface area contributed by atoms with Gasteiger partial charge in [-0.05, 0) is 26.7 Å². The van der Waals surface area contributed by atoms with E-state index in [1.165, 1.54) is 32.1 Å². The van der Waals surface area contributed by atoms with Crippen LogP contribution in [0.5, 0.6) is 0 Å². The largest absolute Gasteiger partial charge is 0.389 e. The Morgan fingerprint density at radius 1 is 1.19 bits per heavy atom. The smallest absolute Gasteiger partial charge is 0.223 e. The summed E-state index contributed by atoms with van der Waals surface area (Å²) in [6, 6.07) is 0. The predicted molar refractivity (Wildman–Crippen MR) is 65.1 cm³/mol. The van der Waals surface area contributed by atoms with Gasteiger partial charge in [0, 0.05) is 12.5 Å². The third-order valence-corrected chi connectivity index (χ3v) is 3.17. The van der Waals surface area contributed by atoms with Crippen LogP contribution in [0.15, 0.2) is 0 Å². The van der Waals surface area contributed by atoms with Crippen molar-refractivity contribution < 1.29 is 9.90 Å². The molecule has 1 aliphatic rings. The van der Waals surface area contributed by atoms with Crippen molar-refractivity contribution in [2.75, 3.05) is 6.54 Å². The molecule has 0 bridgehead atoms. The lowest BCUT2D eigenvalue weighted by Crippen LogP contribution is -2.41. The van der Waals surface area contributed by atoms with Crippen molar-refractivity contribution in [3.8, 4) is 0 Å². The number of amides is 1. The number of hydrogen-bond acceptors (Lipinski definition) is 2. The van der Waals surface area contributed by atoms with Gasteiger partial charge in [-0.2, -0.15) is 0 Å². The van der Waals surface area contributed by atoms with Gasteiger partial charge < -0.3 is 10.4 Å². The molecule has 3 nitrogen and oxygen atoms in total. The summed E-state index contributed by atoms with van der Waals surface area (Å²) in [5.41, 5.74) is -0.808. The average molecular weight is 227 g/mol. The van der Waals surface area contributed by atoms with Gasteiger partial charge in [-0.15, -0.1) is 0 Å². The van der Waals surface area contributed by atoms with Crippen molar-refractivity contribution >= 4 is 5.91 Å². The number of aliphatic hydroxyl groups is 1. The molecule has 3 heteroatoms. The van der Waals surface area contributed by atoms with Crippen molar-refractivity contribution in [1.82, 2.24) is 5.32 Å². The Kier molecular flexibility index (Phi) is 5.26. The zero-order valence-electron chi connectivity index (χ0n) is 10.6. The van der Waals surface area contributed by atoms with Gasteiger partial charge in [-0.25, -0.2) is 0 Å². The SMILES string of the molecule is CC(C)(O)CNC(=O)C1CCCCCCC1. The summed E-state index contributed by atoms with van der Waals surface area (Å²) >= 11 is 0. The lowest BCUT2D eigenvalue weighted by atomic mass is 9.90. The number of rotatable bonds is 3. The fourth-order valence-corrected chi connectivity index (χ4v) is 2.17. The van der Waals surface area contributed by atoms with Crippen molar-refractivity contribution in [2.24, 2.45) is 5.92 Å². The van der Waals surface area contributed by atoms with Gasteiger partial charge in [-0.1, -0.05) is 32.1 Å². The molecule has 0 radical (unpaired) electrons. The first kappa shape index (κ1) is 13.5. The van der Waals surface area contributed by atoms with Crippen molar-refractivity contribution in [1.29, 1.82) is 0 Å². The molecule has 0 spiro atoms. The van der Waals surface area contributed by atoms with Crippen LogP contribution in [-0.2, 0) is 4.79 Å². The molecule has 0 saturated heterocycles. The second-order valence-corrected chi connectivity index (χ2v) is 5.57. The summed E-state index contributed by atoms with van der Waals surface area (Å²) in [6.07, 6.45) is 8.19. The van der Waals surface area contributed by atoms with Crippen molar-refractivity contribution in [2.45, 2.75) is 64.4 Å². The van der Waals surface area contributed by atoms with Gasteiger partial charge in [-0.3, -0.25) is 4.79 Å². The van der Waals surface area contributed by atoms with Crippen LogP contribution in [0.2, 0.25) is 0 Å². The molecule has 0 aliphatic heterocycles. The predicted octanol–water partition coefficient (Wildman–Crippen LogP) is 2.23. The molecule has 16 heavy (non-hydrogen) atoms. The molecule has 0 atom stereocenters. The highest BCUT2D eigenvalue weighted by Crippen LogP contribution is 2.22. The highest BCUT2D eigenvalue weighted by atomic mass is 16.3. The van der Waals surface area contributed by atoms with E-state index in [1.807, 2.05) is 0 Å². The summed E-state index contributed by atoms with van der Waals surface area (Å²) in [4.78, 5) is 11.9. The van der Waals surface area contributed by atoms with E-state index in [0.717, 1.165) is 12.8 Å². The van der Waals surface area contributed by atoms with Crippen LogP contribution in [0.3, 0.4) is 0 Å². The maximum absolute atomic E-state index is 11.9. The molecule has 1 fully saturated rings. The molecule has 0 aromatic rings. The third-order valence-electron chi connectivity index (χ3n) is 3.17. The molecule has 0 heterocycles. The summed E-state index contributed by atoms with van der Waals surface area (Å²) in [6.45, 7) is 3.78. The van der Waals surface area contributed by atoms with Crippen LogP contribution in [0.1, 0.15) is 58.8 Å². The summed E-state index contributed by atoms with van der Waals surface area (Å²) in [5.74, 6) is 0.298. The van der Waals surface area contributed by atoms with Gasteiger partial charge in [0.15, 0.2) is 0 Å². The molecule has 0 aromatic heterocycles. The van der Waals surface area contributed by atoms with E-state index < -0.39 is 5.60 Å². The van der Waals surface area contributed by atoms with E-state index in [9.17, 15) is 9.90 Å². The van der Waals surface area contributed by atoms with E-state index in [2.05, 4.69) is 5.32 Å². The van der Waals surface area contributed by atoms with Crippen LogP contribution in [-0.4, -0.2) is 23.2 Å². The topological polar surface area (TPSA) is 49.3 Å². The quantitative estimate of drug-likeness (QED) is 0.777. The molecule has 1 rings (SSSR count). The molecular weight excluding hydrogens is 202 g/mol. The molecule has 1 amide bonds. The number of carbonyl (C=O) groups excluding carboxylic acids is 1. The van der Waals surface area contributed by atoms with Crippen LogP contribution in [0, 0.1) is 5.92 Å². The fraction of sp³-hybridized carbons (Fsp3) is 0.923. The molecule has 1 saturated carbocycles. The Morgan fingerprint density at radius 2 is 1.69 bits per heavy atom. The monoisotopic (exact) mass is 227 g/mol. The second-order valence-electron chi connectivity index (χ2n) is 5.57. The highest BCUT2D eigenvalue weighted by Gasteiger charge is 2.21. The van der Waals surface area contributed by atoms with Crippen LogP contribution in [0.4, 0.5) is 0 Å². The zero-order chi connectivity index (χ0) is 12.0. The maximum atomic E-state index is 11.9. The summed E-state index contributed by atoms with van der Waals surface area (Å²) in [5, 5.41) is 12.4. The number of hydrogen-bond donors (Lipinski definition) is 2. The Bertz CT molecular complexity index is 212. The van der Waals surface area contributed by atoms with Crippen molar-refractivity contribution in [3.05, 3.63) is 0 Å². The molecule has 0 unspecified atom stereocenters. The normalized spacial score (nSPS) is 19.9. The molecule has 2 N–H and O–H groups in total. The van der Waals surface area contributed by atoms with Crippen LogP contribution < -0.4 is 5.32 Å². The minimum atomic E-state index is -0.808. The first-order valence-corrected chi connectivity index (χ1v) is 6.49. The summed E-state index contributed by atoms with van der Waals surface area (Å²) < 4.78 is 0. The van der Waals surface area contributed by atoms with E-state index >= 15 is 0 Å². The minimum Gasteiger partial charge on any atom is -0.389 e.